The normalized spacial score (nSPS) is 10.1. The number of ether oxygens (including phenoxy) is 2. The maximum absolute atomic E-state index is 6.03. The lowest BCUT2D eigenvalue weighted by molar-refractivity contribution is 0.405. The van der Waals surface area contributed by atoms with Crippen LogP contribution < -0.4 is 14.8 Å². The number of benzene rings is 1. The smallest absolute Gasteiger partial charge is 0.227 e. The van der Waals surface area contributed by atoms with Gasteiger partial charge in [-0.1, -0.05) is 11.6 Å². The van der Waals surface area contributed by atoms with Crippen LogP contribution in [0.3, 0.4) is 0 Å². The van der Waals surface area contributed by atoms with Crippen LogP contribution >= 0.6 is 27.5 Å². The Morgan fingerprint density at radius 1 is 1.11 bits per heavy atom. The lowest BCUT2D eigenvalue weighted by Crippen LogP contribution is -1.99. The predicted molar refractivity (Wildman–Crippen MR) is 77.6 cm³/mol. The Kier molecular flexibility index (Phi) is 4.44. The molecule has 1 N–H and O–H groups in total. The van der Waals surface area contributed by atoms with Crippen molar-refractivity contribution in [3.8, 4) is 11.5 Å². The summed E-state index contributed by atoms with van der Waals surface area (Å²) in [5, 5.41) is 3.52. The number of halogens is 2. The van der Waals surface area contributed by atoms with E-state index in [1.165, 1.54) is 0 Å². The number of anilines is 2. The van der Waals surface area contributed by atoms with Crippen LogP contribution in [0, 0.1) is 0 Å². The summed E-state index contributed by atoms with van der Waals surface area (Å²) in [4.78, 5) is 8.26. The van der Waals surface area contributed by atoms with Gasteiger partial charge in [0.25, 0.3) is 0 Å². The lowest BCUT2D eigenvalue weighted by Gasteiger charge is -2.12. The molecule has 0 saturated carbocycles. The lowest BCUT2D eigenvalue weighted by atomic mass is 10.2. The van der Waals surface area contributed by atoms with E-state index in [4.69, 9.17) is 21.1 Å². The molecule has 0 fully saturated rings. The van der Waals surface area contributed by atoms with E-state index in [1.807, 2.05) is 0 Å². The van der Waals surface area contributed by atoms with Crippen LogP contribution in [-0.4, -0.2) is 24.2 Å². The fourth-order valence-corrected chi connectivity index (χ4v) is 1.89. The van der Waals surface area contributed by atoms with Crippen LogP contribution in [0.2, 0.25) is 5.02 Å². The number of methoxy groups -OCH3 is 2. The van der Waals surface area contributed by atoms with E-state index >= 15 is 0 Å². The largest absolute Gasteiger partial charge is 0.495 e. The standard InChI is InChI=1S/C12H11BrClN3O2/c1-18-10-4-9(11(19-2)3-8(10)14)17-12-15-5-7(13)6-16-12/h3-6H,1-2H3,(H,15,16,17). The van der Waals surface area contributed by atoms with Crippen molar-refractivity contribution in [2.45, 2.75) is 0 Å². The Morgan fingerprint density at radius 2 is 1.74 bits per heavy atom. The second-order valence-electron chi connectivity index (χ2n) is 3.54. The van der Waals surface area contributed by atoms with Crippen LogP contribution in [0.5, 0.6) is 11.5 Å². The van der Waals surface area contributed by atoms with Crippen LogP contribution in [0.1, 0.15) is 0 Å². The highest BCUT2D eigenvalue weighted by Crippen LogP contribution is 2.36. The van der Waals surface area contributed by atoms with Gasteiger partial charge in [-0.05, 0) is 15.9 Å². The summed E-state index contributed by atoms with van der Waals surface area (Å²) in [5.74, 6) is 1.57. The third kappa shape index (κ3) is 3.27. The number of nitrogens with one attached hydrogen (secondary N) is 1. The Hall–Kier alpha value is -1.53. The summed E-state index contributed by atoms with van der Waals surface area (Å²) in [6.45, 7) is 0. The van der Waals surface area contributed by atoms with Gasteiger partial charge >= 0.3 is 0 Å². The average Bonchev–Trinajstić information content (AvgIpc) is 2.42. The Labute approximate surface area is 124 Å². The molecule has 0 radical (unpaired) electrons. The van der Waals surface area contributed by atoms with Gasteiger partial charge in [-0.2, -0.15) is 0 Å². The molecular weight excluding hydrogens is 334 g/mol. The van der Waals surface area contributed by atoms with Crippen molar-refractivity contribution in [2.24, 2.45) is 0 Å². The van der Waals surface area contributed by atoms with E-state index < -0.39 is 0 Å². The van der Waals surface area contributed by atoms with Crippen molar-refractivity contribution in [1.29, 1.82) is 0 Å². The van der Waals surface area contributed by atoms with Crippen LogP contribution in [-0.2, 0) is 0 Å². The zero-order chi connectivity index (χ0) is 13.8. The quantitative estimate of drug-likeness (QED) is 0.917. The SMILES string of the molecule is COc1cc(Nc2ncc(Br)cn2)c(OC)cc1Cl. The summed E-state index contributed by atoms with van der Waals surface area (Å²) < 4.78 is 11.2. The minimum atomic E-state index is 0.450. The highest BCUT2D eigenvalue weighted by atomic mass is 79.9. The second-order valence-corrected chi connectivity index (χ2v) is 4.86. The molecule has 0 aliphatic carbocycles. The minimum Gasteiger partial charge on any atom is -0.495 e. The number of rotatable bonds is 4. The van der Waals surface area contributed by atoms with Gasteiger partial charge in [0.2, 0.25) is 5.95 Å². The molecule has 0 spiro atoms. The van der Waals surface area contributed by atoms with E-state index in [2.05, 4.69) is 31.2 Å². The van der Waals surface area contributed by atoms with E-state index in [1.54, 1.807) is 38.7 Å². The molecule has 0 bridgehead atoms. The van der Waals surface area contributed by atoms with Gasteiger partial charge < -0.3 is 14.8 Å². The molecule has 19 heavy (non-hydrogen) atoms. The monoisotopic (exact) mass is 343 g/mol. The topological polar surface area (TPSA) is 56.3 Å². The maximum atomic E-state index is 6.03. The molecule has 0 unspecified atom stereocenters. The van der Waals surface area contributed by atoms with E-state index in [0.717, 1.165) is 4.47 Å². The van der Waals surface area contributed by atoms with E-state index in [9.17, 15) is 0 Å². The number of hydrogen-bond donors (Lipinski definition) is 1. The maximum Gasteiger partial charge on any atom is 0.227 e. The molecular formula is C12H11BrClN3O2. The molecule has 1 heterocycles. The van der Waals surface area contributed by atoms with Gasteiger partial charge in [0.1, 0.15) is 11.5 Å². The van der Waals surface area contributed by atoms with Gasteiger partial charge in [-0.15, -0.1) is 0 Å². The molecule has 0 atom stereocenters. The molecule has 2 aromatic rings. The van der Waals surface area contributed by atoms with Crippen LogP contribution in [0.25, 0.3) is 0 Å². The zero-order valence-electron chi connectivity index (χ0n) is 10.3. The summed E-state index contributed by atoms with van der Waals surface area (Å²) in [5.41, 5.74) is 0.672. The molecule has 2 rings (SSSR count). The third-order valence-corrected chi connectivity index (χ3v) is 3.05. The predicted octanol–water partition coefficient (Wildman–Crippen LogP) is 3.65. The summed E-state index contributed by atoms with van der Waals surface area (Å²) >= 11 is 9.31. The van der Waals surface area contributed by atoms with Crippen LogP contribution in [0.4, 0.5) is 11.6 Å². The molecule has 100 valence electrons. The minimum absolute atomic E-state index is 0.450. The molecule has 1 aromatic carbocycles. The molecule has 0 saturated heterocycles. The van der Waals surface area contributed by atoms with Gasteiger partial charge in [0, 0.05) is 24.5 Å². The van der Waals surface area contributed by atoms with E-state index in [-0.39, 0.29) is 0 Å². The van der Waals surface area contributed by atoms with E-state index in [0.29, 0.717) is 28.2 Å². The number of hydrogen-bond acceptors (Lipinski definition) is 5. The number of nitrogens with zero attached hydrogens (tertiary/aromatic N) is 2. The summed E-state index contributed by atoms with van der Waals surface area (Å²) in [6.07, 6.45) is 3.30. The number of aromatic nitrogens is 2. The first kappa shape index (κ1) is 13.9. The first-order chi connectivity index (χ1) is 9.13. The molecule has 0 aliphatic rings. The molecule has 1 aromatic heterocycles. The molecule has 5 nitrogen and oxygen atoms in total. The van der Waals surface area contributed by atoms with Crippen molar-refractivity contribution in [3.63, 3.8) is 0 Å². The summed E-state index contributed by atoms with van der Waals surface area (Å²) in [7, 11) is 3.11. The fourth-order valence-electron chi connectivity index (χ4n) is 1.46. The van der Waals surface area contributed by atoms with Gasteiger partial charge in [0.05, 0.1) is 29.4 Å². The average molecular weight is 345 g/mol. The summed E-state index contributed by atoms with van der Waals surface area (Å²) in [6, 6.07) is 3.40. The molecule has 7 heteroatoms. The van der Waals surface area contributed by atoms with Gasteiger partial charge in [-0.25, -0.2) is 9.97 Å². The van der Waals surface area contributed by atoms with Crippen molar-refractivity contribution in [1.82, 2.24) is 9.97 Å². The van der Waals surface area contributed by atoms with Crippen LogP contribution in [0.15, 0.2) is 29.0 Å². The molecule has 0 aliphatic heterocycles. The highest BCUT2D eigenvalue weighted by molar-refractivity contribution is 9.10. The van der Waals surface area contributed by atoms with Crippen molar-refractivity contribution < 1.29 is 9.47 Å². The fraction of sp³-hybridized carbons (Fsp3) is 0.167. The Bertz CT molecular complexity index is 578. The Morgan fingerprint density at radius 3 is 2.32 bits per heavy atom. The highest BCUT2D eigenvalue weighted by Gasteiger charge is 2.11. The van der Waals surface area contributed by atoms with Gasteiger partial charge in [0.15, 0.2) is 0 Å². The second kappa shape index (κ2) is 6.08. The molecule has 0 amide bonds. The van der Waals surface area contributed by atoms with Crippen molar-refractivity contribution >= 4 is 39.2 Å². The first-order valence-electron chi connectivity index (χ1n) is 5.30. The Balaban J connectivity index is 2.35. The van der Waals surface area contributed by atoms with Gasteiger partial charge in [-0.3, -0.25) is 0 Å². The zero-order valence-corrected chi connectivity index (χ0v) is 12.6. The third-order valence-electron chi connectivity index (χ3n) is 2.34. The van der Waals surface area contributed by atoms with Crippen molar-refractivity contribution in [3.05, 3.63) is 34.0 Å². The first-order valence-corrected chi connectivity index (χ1v) is 6.47. The van der Waals surface area contributed by atoms with Crippen molar-refractivity contribution in [2.75, 3.05) is 19.5 Å².